The number of likely N-dealkylation sites (tertiary alicyclic amines) is 1. The lowest BCUT2D eigenvalue weighted by Gasteiger charge is -2.43. The topological polar surface area (TPSA) is 112 Å². The Morgan fingerprint density at radius 2 is 1.85 bits per heavy atom. The summed E-state index contributed by atoms with van der Waals surface area (Å²) in [4.78, 5) is 27.3. The van der Waals surface area contributed by atoms with Crippen LogP contribution in [0.15, 0.2) is 6.07 Å². The number of aromatic nitrogens is 2. The van der Waals surface area contributed by atoms with Crippen molar-refractivity contribution in [1.82, 2.24) is 19.8 Å². The van der Waals surface area contributed by atoms with Gasteiger partial charge in [0.05, 0.1) is 35.5 Å². The second-order valence-corrected chi connectivity index (χ2v) is 13.8. The molecule has 2 fully saturated rings. The number of likely N-dealkylation sites (N-methyl/N-ethyl adjacent to an activating group) is 1. The average Bonchev–Trinajstić information content (AvgIpc) is 3.32. The van der Waals surface area contributed by atoms with Crippen LogP contribution in [0.2, 0.25) is 0 Å². The van der Waals surface area contributed by atoms with Gasteiger partial charge in [0.25, 0.3) is 5.91 Å². The van der Waals surface area contributed by atoms with E-state index in [1.165, 1.54) is 11.8 Å². The molecule has 48 heavy (non-hydrogen) atoms. The smallest absolute Gasteiger partial charge is 0.417 e. The van der Waals surface area contributed by atoms with Crippen molar-refractivity contribution >= 4 is 17.4 Å². The molecule has 5 atom stereocenters. The summed E-state index contributed by atoms with van der Waals surface area (Å²) in [6.07, 6.45) is -5.55. The van der Waals surface area contributed by atoms with Crippen molar-refractivity contribution in [1.29, 1.82) is 5.26 Å². The zero-order chi connectivity index (χ0) is 35.3. The maximum Gasteiger partial charge on any atom is 0.417 e. The number of piperazine rings is 1. The molecule has 15 heteroatoms. The van der Waals surface area contributed by atoms with Crippen LogP contribution in [0, 0.1) is 30.0 Å². The third-order valence-corrected chi connectivity index (χ3v) is 9.78. The van der Waals surface area contributed by atoms with Crippen molar-refractivity contribution in [2.45, 2.75) is 89.4 Å². The summed E-state index contributed by atoms with van der Waals surface area (Å²) in [5.74, 6) is -2.87. The molecule has 262 valence electrons. The second kappa shape index (κ2) is 13.2. The maximum atomic E-state index is 15.6. The lowest BCUT2D eigenvalue weighted by atomic mass is 9.73. The number of nitriles is 1. The Kier molecular flexibility index (Phi) is 9.80. The number of hydrogen-bond donors (Lipinski definition) is 1. The number of rotatable bonds is 7. The molecule has 2 aliphatic heterocycles. The number of ether oxygens (including phenoxy) is 1. The Morgan fingerprint density at radius 1 is 1.15 bits per heavy atom. The molecule has 0 spiro atoms. The molecule has 0 radical (unpaired) electrons. The Hall–Kier alpha value is -3.80. The first-order chi connectivity index (χ1) is 22.4. The molecule has 0 bridgehead atoms. The fourth-order valence-electron chi connectivity index (χ4n) is 7.34. The van der Waals surface area contributed by atoms with Crippen molar-refractivity contribution in [3.63, 3.8) is 0 Å². The van der Waals surface area contributed by atoms with E-state index in [1.54, 1.807) is 14.0 Å². The van der Waals surface area contributed by atoms with Gasteiger partial charge in [0.15, 0.2) is 5.67 Å². The van der Waals surface area contributed by atoms with Gasteiger partial charge in [-0.1, -0.05) is 6.92 Å². The number of nitrogen functional groups attached to an aromatic ring is 1. The fourth-order valence-corrected chi connectivity index (χ4v) is 7.34. The predicted molar refractivity (Wildman–Crippen MR) is 166 cm³/mol. The van der Waals surface area contributed by atoms with E-state index in [9.17, 15) is 32.0 Å². The van der Waals surface area contributed by atoms with Gasteiger partial charge in [-0.2, -0.15) is 28.4 Å². The molecule has 1 aromatic carbocycles. The largest absolute Gasteiger partial charge is 0.462 e. The summed E-state index contributed by atoms with van der Waals surface area (Å²) < 4.78 is 93.5. The van der Waals surface area contributed by atoms with Crippen molar-refractivity contribution in [2.75, 3.05) is 50.5 Å². The highest BCUT2D eigenvalue weighted by Gasteiger charge is 2.44. The number of amides is 1. The summed E-state index contributed by atoms with van der Waals surface area (Å²) in [5.41, 5.74) is 2.58. The van der Waals surface area contributed by atoms with Crippen molar-refractivity contribution in [3.05, 3.63) is 39.8 Å². The standard InChI is InChI=1S/C33H41F6N7O2/c1-17-10-23-25(13-22(17)26-27(33(37,38)39)18(2)11-24(41)28(26)35)42-31(48-16-21-12-19(34)14-44(21)5)43-29(23)45-8-9-46(20(15-45)6-7-40)30(47)32(3,4)36/h11,17,19-22H,6,8-10,12-16,41H2,1-5H3/t17-,19-,20-,21+,22-/m1/s1. The minimum absolute atomic E-state index is 0.0567. The number of nitrogens with two attached hydrogens (primary N) is 1. The number of hydrogen-bond acceptors (Lipinski definition) is 8. The Labute approximate surface area is 276 Å². The van der Waals surface area contributed by atoms with Crippen molar-refractivity contribution in [2.24, 2.45) is 5.92 Å². The molecular weight excluding hydrogens is 640 g/mol. The number of nitrogens with zero attached hydrogens (tertiary/aromatic N) is 6. The maximum absolute atomic E-state index is 15.6. The molecule has 0 unspecified atom stereocenters. The van der Waals surface area contributed by atoms with Crippen LogP contribution in [-0.4, -0.2) is 89.4 Å². The van der Waals surface area contributed by atoms with Gasteiger partial charge in [-0.15, -0.1) is 0 Å². The highest BCUT2D eigenvalue weighted by atomic mass is 19.4. The van der Waals surface area contributed by atoms with Gasteiger partial charge in [0.2, 0.25) is 0 Å². The number of halogens is 6. The molecular formula is C33H41F6N7O2. The molecule has 3 aliphatic rings. The number of carbonyl (C=O) groups is 1. The molecule has 2 saturated heterocycles. The predicted octanol–water partition coefficient (Wildman–Crippen LogP) is 5.14. The van der Waals surface area contributed by atoms with Crippen LogP contribution < -0.4 is 15.4 Å². The van der Waals surface area contributed by atoms with Gasteiger partial charge in [-0.25, -0.2) is 13.2 Å². The van der Waals surface area contributed by atoms with Crippen LogP contribution in [0.4, 0.5) is 37.8 Å². The van der Waals surface area contributed by atoms with Crippen LogP contribution >= 0.6 is 0 Å². The molecule has 9 nitrogen and oxygen atoms in total. The van der Waals surface area contributed by atoms with Crippen molar-refractivity contribution < 1.29 is 35.9 Å². The van der Waals surface area contributed by atoms with Crippen LogP contribution in [0.25, 0.3) is 0 Å². The third-order valence-electron chi connectivity index (χ3n) is 9.78. The van der Waals surface area contributed by atoms with Gasteiger partial charge in [0, 0.05) is 43.3 Å². The lowest BCUT2D eigenvalue weighted by Crippen LogP contribution is -2.58. The SMILES string of the molecule is Cc1cc(N)c(F)c([C@@H]2Cc3nc(OC[C@@H]4C[C@@H](F)CN4C)nc(N4CCN(C(=O)C(C)(C)F)[C@H](CC#N)C4)c3C[C@H]2C)c1C(F)(F)F. The molecule has 3 heterocycles. The van der Waals surface area contributed by atoms with E-state index < -0.39 is 58.7 Å². The zero-order valence-corrected chi connectivity index (χ0v) is 27.7. The Morgan fingerprint density at radius 3 is 2.46 bits per heavy atom. The van der Waals surface area contributed by atoms with Crippen molar-refractivity contribution in [3.8, 4) is 12.1 Å². The number of fused-ring (bicyclic) bond motifs is 1. The summed E-state index contributed by atoms with van der Waals surface area (Å²) in [6.45, 7) is 6.07. The first-order valence-electron chi connectivity index (χ1n) is 16.0. The number of anilines is 2. The highest BCUT2D eigenvalue weighted by Crippen LogP contribution is 2.47. The number of alkyl halides is 5. The number of carbonyl (C=O) groups excluding carboxylic acids is 1. The summed E-state index contributed by atoms with van der Waals surface area (Å²) in [6, 6.07) is 2.06. The highest BCUT2D eigenvalue weighted by molar-refractivity contribution is 5.85. The minimum atomic E-state index is -4.83. The average molecular weight is 682 g/mol. The molecule has 0 saturated carbocycles. The minimum Gasteiger partial charge on any atom is -0.462 e. The second-order valence-electron chi connectivity index (χ2n) is 13.8. The van der Waals surface area contributed by atoms with E-state index in [2.05, 4.69) is 11.1 Å². The van der Waals surface area contributed by atoms with E-state index >= 15 is 4.39 Å². The van der Waals surface area contributed by atoms with E-state index in [-0.39, 0.29) is 81.8 Å². The van der Waals surface area contributed by atoms with Crippen LogP contribution in [-0.2, 0) is 23.8 Å². The third kappa shape index (κ3) is 6.99. The molecule has 1 aromatic heterocycles. The number of aryl methyl sites for hydroxylation is 1. The molecule has 1 aliphatic carbocycles. The van der Waals surface area contributed by atoms with Gasteiger partial charge in [-0.05, 0) is 70.5 Å². The molecule has 5 rings (SSSR count). The molecule has 1 amide bonds. The Bertz CT molecular complexity index is 1590. The zero-order valence-electron chi connectivity index (χ0n) is 27.7. The number of benzene rings is 1. The van der Waals surface area contributed by atoms with E-state index in [1.807, 2.05) is 9.80 Å². The van der Waals surface area contributed by atoms with Gasteiger partial charge in [-0.3, -0.25) is 9.69 Å². The quantitative estimate of drug-likeness (QED) is 0.316. The first-order valence-corrected chi connectivity index (χ1v) is 16.0. The first kappa shape index (κ1) is 35.5. The van der Waals surface area contributed by atoms with E-state index in [4.69, 9.17) is 15.5 Å². The summed E-state index contributed by atoms with van der Waals surface area (Å²) in [5, 5.41) is 9.54. The Balaban J connectivity index is 1.56. The fraction of sp³-hybridized carbons (Fsp3) is 0.636. The monoisotopic (exact) mass is 681 g/mol. The van der Waals surface area contributed by atoms with Crippen LogP contribution in [0.5, 0.6) is 6.01 Å². The van der Waals surface area contributed by atoms with Gasteiger partial charge in [0.1, 0.15) is 24.4 Å². The van der Waals surface area contributed by atoms with Crippen LogP contribution in [0.3, 0.4) is 0 Å². The van der Waals surface area contributed by atoms with Gasteiger partial charge >= 0.3 is 12.2 Å². The summed E-state index contributed by atoms with van der Waals surface area (Å²) >= 11 is 0. The summed E-state index contributed by atoms with van der Waals surface area (Å²) in [7, 11) is 1.77. The van der Waals surface area contributed by atoms with E-state index in [0.717, 1.165) is 19.9 Å². The van der Waals surface area contributed by atoms with E-state index in [0.29, 0.717) is 17.1 Å². The lowest BCUT2D eigenvalue weighted by molar-refractivity contribution is -0.144. The molecule has 2 N–H and O–H groups in total. The van der Waals surface area contributed by atoms with Gasteiger partial charge < -0.3 is 20.3 Å². The van der Waals surface area contributed by atoms with Crippen LogP contribution in [0.1, 0.15) is 67.5 Å². The molecule has 2 aromatic rings. The normalized spacial score (nSPS) is 25.2.